The summed E-state index contributed by atoms with van der Waals surface area (Å²) in [6, 6.07) is 3.23. The summed E-state index contributed by atoms with van der Waals surface area (Å²) in [7, 11) is -1.92. The molecule has 0 amide bonds. The monoisotopic (exact) mass is 984 g/mol. The minimum absolute atomic E-state index is 0.00315. The molecule has 9 rings (SSSR count). The van der Waals surface area contributed by atoms with Gasteiger partial charge in [0.15, 0.2) is 14.1 Å². The van der Waals surface area contributed by atoms with Crippen LogP contribution in [0.1, 0.15) is 118 Å². The molecule has 0 aliphatic carbocycles. The van der Waals surface area contributed by atoms with E-state index in [0.29, 0.717) is 32.1 Å². The molecule has 0 aromatic rings. The molecule has 0 aromatic carbocycles. The van der Waals surface area contributed by atoms with Crippen molar-refractivity contribution in [3.63, 3.8) is 0 Å². The standard InChI is InChI=1S/C47H73IO12Si/c1-8-61(9-2,10-3)60-36-21-38-43(56-41(36)24-48)28(7)44-37(55-38)20-35-27(6)25(4)17-29(52-35)11-13-33-26(5)18-31(51-33)15-16-47-23-32(49)45(59-47)39-22-40(58-47)46-34(54-39)14-12-30(53-46)19-42(50)57-44/h25,28-41,43-46,49H,5-6,8-24H2,1-4,7H3/t25-,28+,29+,30-,31+,32-,33+,34+,35-,36?,37+,38+,39-,40?,41-,43+,44-,45?,46+,47-/m1/s1. The molecule has 344 valence electrons. The van der Waals surface area contributed by atoms with Crippen LogP contribution in [0.15, 0.2) is 24.3 Å². The van der Waals surface area contributed by atoms with E-state index >= 15 is 0 Å². The number of halogens is 1. The Morgan fingerprint density at radius 1 is 0.721 bits per heavy atom. The van der Waals surface area contributed by atoms with Gasteiger partial charge in [-0.2, -0.15) is 0 Å². The summed E-state index contributed by atoms with van der Waals surface area (Å²) in [6.07, 6.45) is 4.00. The molecule has 10 bridgehead atoms. The van der Waals surface area contributed by atoms with E-state index in [1.807, 2.05) is 0 Å². The van der Waals surface area contributed by atoms with Gasteiger partial charge in [0, 0.05) is 42.4 Å². The highest BCUT2D eigenvalue weighted by molar-refractivity contribution is 14.1. The number of hydrogen-bond donors (Lipinski definition) is 1. The fourth-order valence-corrected chi connectivity index (χ4v) is 16.3. The zero-order valence-electron chi connectivity index (χ0n) is 37.2. The molecule has 0 aromatic heterocycles. The molecule has 9 heterocycles. The number of alkyl halides is 1. The minimum atomic E-state index is -1.92. The van der Waals surface area contributed by atoms with Crippen LogP contribution in [-0.2, 0) is 51.9 Å². The van der Waals surface area contributed by atoms with Crippen LogP contribution in [0.3, 0.4) is 0 Å². The summed E-state index contributed by atoms with van der Waals surface area (Å²) in [5.74, 6) is -1.12. The van der Waals surface area contributed by atoms with Crippen molar-refractivity contribution in [2.45, 2.75) is 246 Å². The second-order valence-corrected chi connectivity index (χ2v) is 25.9. The van der Waals surface area contributed by atoms with Crippen molar-refractivity contribution in [3.05, 3.63) is 24.3 Å². The Morgan fingerprint density at radius 2 is 1.43 bits per heavy atom. The Balaban J connectivity index is 0.986. The number of hydrogen-bond acceptors (Lipinski definition) is 12. The van der Waals surface area contributed by atoms with Gasteiger partial charge in [0.2, 0.25) is 0 Å². The molecule has 20 atom stereocenters. The lowest BCUT2D eigenvalue weighted by atomic mass is 9.79. The van der Waals surface area contributed by atoms with Crippen molar-refractivity contribution in [3.8, 4) is 0 Å². The van der Waals surface area contributed by atoms with Gasteiger partial charge in [-0.25, -0.2) is 0 Å². The minimum Gasteiger partial charge on any atom is -0.459 e. The van der Waals surface area contributed by atoms with Gasteiger partial charge in [0.1, 0.15) is 18.3 Å². The summed E-state index contributed by atoms with van der Waals surface area (Å²) in [6.45, 7) is 20.3. The summed E-state index contributed by atoms with van der Waals surface area (Å²) < 4.78 is 69.3. The van der Waals surface area contributed by atoms with Gasteiger partial charge >= 0.3 is 5.97 Å². The van der Waals surface area contributed by atoms with Gasteiger partial charge in [-0.15, -0.1) is 0 Å². The average molecular weight is 985 g/mol. The predicted molar refractivity (Wildman–Crippen MR) is 238 cm³/mol. The van der Waals surface area contributed by atoms with Crippen molar-refractivity contribution in [2.75, 3.05) is 4.43 Å². The van der Waals surface area contributed by atoms with E-state index in [1.165, 1.54) is 0 Å². The lowest BCUT2D eigenvalue weighted by Crippen LogP contribution is -2.63. The van der Waals surface area contributed by atoms with Crippen LogP contribution in [0, 0.1) is 11.8 Å². The lowest BCUT2D eigenvalue weighted by molar-refractivity contribution is -0.279. The number of aliphatic hydroxyl groups is 1. The summed E-state index contributed by atoms with van der Waals surface area (Å²) in [5, 5.41) is 11.2. The van der Waals surface area contributed by atoms with Crippen LogP contribution >= 0.6 is 22.6 Å². The van der Waals surface area contributed by atoms with Crippen molar-refractivity contribution in [1.29, 1.82) is 0 Å². The second kappa shape index (κ2) is 18.6. The van der Waals surface area contributed by atoms with Crippen LogP contribution in [0.2, 0.25) is 18.1 Å². The fraction of sp³-hybridized carbons (Fsp3) is 0.894. The second-order valence-electron chi connectivity index (χ2n) is 20.2. The van der Waals surface area contributed by atoms with E-state index in [9.17, 15) is 9.90 Å². The number of carbonyl (C=O) groups is 1. The highest BCUT2D eigenvalue weighted by atomic mass is 127. The summed E-state index contributed by atoms with van der Waals surface area (Å²) in [5.41, 5.74) is 2.19. The molecule has 3 unspecified atom stereocenters. The Morgan fingerprint density at radius 3 is 2.20 bits per heavy atom. The molecular weight excluding hydrogens is 911 g/mol. The molecule has 1 N–H and O–H groups in total. The molecule has 12 nitrogen and oxygen atoms in total. The molecule has 9 fully saturated rings. The number of esters is 1. The molecule has 61 heavy (non-hydrogen) atoms. The molecule has 9 aliphatic heterocycles. The number of ether oxygens (including phenoxy) is 9. The van der Waals surface area contributed by atoms with E-state index in [1.54, 1.807) is 0 Å². The van der Waals surface area contributed by atoms with Crippen LogP contribution < -0.4 is 0 Å². The SMILES string of the molecule is C=C1C[C@@H]2CC[C@]34C[C@@H](O)C(O3)[C@H]3CC(O4)[C@H]4O[C@H](CC[C@@H]4O3)CC(=O)O[C@@H]3[C@@H](C)[C@@H]4O[C@H](CI)C(O[Si](CC)(CC)CC)C[C@@H]4O[C@H]3C[C@H]3O[C@@H](CC[C@@H]1O2)C[C@@H](C)C3=C. The molecule has 14 heteroatoms. The first-order valence-corrected chi connectivity index (χ1v) is 28.1. The van der Waals surface area contributed by atoms with Crippen molar-refractivity contribution in [1.82, 2.24) is 0 Å². The topological polar surface area (TPSA) is 130 Å². The van der Waals surface area contributed by atoms with E-state index in [4.69, 9.17) is 47.1 Å². The summed E-state index contributed by atoms with van der Waals surface area (Å²) in [4.78, 5) is 14.3. The first kappa shape index (κ1) is 45.6. The third kappa shape index (κ3) is 9.16. The van der Waals surface area contributed by atoms with E-state index in [-0.39, 0.29) is 104 Å². The maximum absolute atomic E-state index is 14.3. The molecule has 9 saturated heterocycles. The third-order valence-corrected chi connectivity index (χ3v) is 22.0. The third-order valence-electron chi connectivity index (χ3n) is 16.5. The zero-order chi connectivity index (χ0) is 42.8. The van der Waals surface area contributed by atoms with Crippen molar-refractivity contribution >= 4 is 36.9 Å². The predicted octanol–water partition coefficient (Wildman–Crippen LogP) is 7.65. The van der Waals surface area contributed by atoms with Gasteiger partial charge in [-0.3, -0.25) is 4.79 Å². The first-order valence-electron chi connectivity index (χ1n) is 24.1. The largest absolute Gasteiger partial charge is 0.459 e. The Bertz CT molecular complexity index is 1590. The number of carbonyl (C=O) groups excluding carboxylic acids is 1. The lowest BCUT2D eigenvalue weighted by Gasteiger charge is -2.52. The summed E-state index contributed by atoms with van der Waals surface area (Å²) >= 11 is 2.43. The molecular formula is C47H73IO12Si. The first-order chi connectivity index (χ1) is 29.3. The van der Waals surface area contributed by atoms with Gasteiger partial charge in [0.05, 0.1) is 91.9 Å². The van der Waals surface area contributed by atoms with Crippen molar-refractivity contribution in [2.24, 2.45) is 11.8 Å². The normalized spacial score (nSPS) is 49.3. The fourth-order valence-electron chi connectivity index (χ4n) is 12.6. The maximum atomic E-state index is 14.3. The van der Waals surface area contributed by atoms with E-state index in [0.717, 1.165) is 78.7 Å². The quantitative estimate of drug-likeness (QED) is 0.0923. The van der Waals surface area contributed by atoms with Gasteiger partial charge in [-0.1, -0.05) is 70.4 Å². The molecule has 0 radical (unpaired) electrons. The Kier molecular flexibility index (Phi) is 14.0. The van der Waals surface area contributed by atoms with Crippen LogP contribution in [0.25, 0.3) is 0 Å². The van der Waals surface area contributed by atoms with Gasteiger partial charge in [0.25, 0.3) is 0 Å². The van der Waals surface area contributed by atoms with Gasteiger partial charge in [-0.05, 0) is 80.1 Å². The Labute approximate surface area is 378 Å². The number of fused-ring (bicyclic) bond motifs is 10. The molecule has 1 spiro atoms. The smallest absolute Gasteiger partial charge is 0.308 e. The number of aliphatic hydroxyl groups excluding tert-OH is 1. The Hall–Kier alpha value is -0.503. The zero-order valence-corrected chi connectivity index (χ0v) is 40.4. The van der Waals surface area contributed by atoms with Gasteiger partial charge < -0.3 is 52.2 Å². The van der Waals surface area contributed by atoms with Crippen molar-refractivity contribution < 1.29 is 57.0 Å². The van der Waals surface area contributed by atoms with Crippen LogP contribution in [0.5, 0.6) is 0 Å². The van der Waals surface area contributed by atoms with E-state index < -0.39 is 38.5 Å². The highest BCUT2D eigenvalue weighted by Gasteiger charge is 2.60. The van der Waals surface area contributed by atoms with Crippen LogP contribution in [0.4, 0.5) is 0 Å². The van der Waals surface area contributed by atoms with E-state index in [2.05, 4.69) is 70.4 Å². The molecule has 9 aliphatic rings. The maximum Gasteiger partial charge on any atom is 0.308 e. The highest BCUT2D eigenvalue weighted by Crippen LogP contribution is 2.49. The molecule has 0 saturated carbocycles. The number of rotatable bonds is 6. The average Bonchev–Trinajstić information content (AvgIpc) is 3.74. The van der Waals surface area contributed by atoms with Crippen LogP contribution in [-0.4, -0.2) is 133 Å².